The Balaban J connectivity index is 2.38. The third-order valence-corrected chi connectivity index (χ3v) is 2.94. The maximum atomic E-state index is 11.7. The van der Waals surface area contributed by atoms with Crippen LogP contribution in [0, 0.1) is 5.92 Å². The second-order valence-electron chi connectivity index (χ2n) is 5.47. The van der Waals surface area contributed by atoms with Crippen molar-refractivity contribution in [1.82, 2.24) is 5.32 Å². The molecule has 4 heteroatoms. The first kappa shape index (κ1) is 16.5. The van der Waals surface area contributed by atoms with Crippen LogP contribution in [0.5, 0.6) is 5.75 Å². The van der Waals surface area contributed by atoms with E-state index in [1.807, 2.05) is 24.3 Å². The minimum atomic E-state index is -0.0267. The number of hydrogen-bond donors (Lipinski definition) is 2. The highest BCUT2D eigenvalue weighted by molar-refractivity contribution is 5.92. The Morgan fingerprint density at radius 1 is 1.20 bits per heavy atom. The van der Waals surface area contributed by atoms with Gasteiger partial charge in [0.05, 0.1) is 13.2 Å². The lowest BCUT2D eigenvalue weighted by molar-refractivity contribution is -0.115. The van der Waals surface area contributed by atoms with Gasteiger partial charge in [0.1, 0.15) is 5.75 Å². The molecule has 2 N–H and O–H groups in total. The van der Waals surface area contributed by atoms with Gasteiger partial charge in [0.15, 0.2) is 0 Å². The Labute approximate surface area is 121 Å². The molecule has 1 aromatic rings. The first-order chi connectivity index (χ1) is 9.51. The van der Waals surface area contributed by atoms with Crippen molar-refractivity contribution in [1.29, 1.82) is 0 Å². The zero-order valence-electron chi connectivity index (χ0n) is 12.9. The summed E-state index contributed by atoms with van der Waals surface area (Å²) in [6, 6.07) is 7.82. The predicted octanol–water partition coefficient (Wildman–Crippen LogP) is 3.05. The minimum Gasteiger partial charge on any atom is -0.493 e. The van der Waals surface area contributed by atoms with Crippen molar-refractivity contribution in [3.8, 4) is 5.75 Å². The highest BCUT2D eigenvalue weighted by Gasteiger charge is 2.05. The molecule has 0 radical (unpaired) electrons. The Kier molecular flexibility index (Phi) is 7.09. The highest BCUT2D eigenvalue weighted by atomic mass is 16.5. The first-order valence-electron chi connectivity index (χ1n) is 7.27. The van der Waals surface area contributed by atoms with Crippen molar-refractivity contribution in [2.45, 2.75) is 40.2 Å². The van der Waals surface area contributed by atoms with Crippen LogP contribution in [0.25, 0.3) is 0 Å². The van der Waals surface area contributed by atoms with Crippen molar-refractivity contribution < 1.29 is 9.53 Å². The maximum Gasteiger partial charge on any atom is 0.238 e. The van der Waals surface area contributed by atoms with Gasteiger partial charge < -0.3 is 15.4 Å². The molecule has 4 nitrogen and oxygen atoms in total. The number of carbonyl (C=O) groups is 1. The zero-order valence-corrected chi connectivity index (χ0v) is 12.9. The fourth-order valence-electron chi connectivity index (χ4n) is 1.51. The number of ether oxygens (including phenoxy) is 1. The summed E-state index contributed by atoms with van der Waals surface area (Å²) in [4.78, 5) is 11.7. The Bertz CT molecular complexity index is 401. The number of anilines is 1. The summed E-state index contributed by atoms with van der Waals surface area (Å²) in [5, 5.41) is 6.02. The molecule has 1 amide bonds. The van der Waals surface area contributed by atoms with Crippen LogP contribution in [0.4, 0.5) is 5.69 Å². The van der Waals surface area contributed by atoms with Crippen LogP contribution >= 0.6 is 0 Å². The van der Waals surface area contributed by atoms with E-state index in [2.05, 4.69) is 38.3 Å². The van der Waals surface area contributed by atoms with Crippen LogP contribution in [0.1, 0.15) is 34.1 Å². The van der Waals surface area contributed by atoms with Gasteiger partial charge in [-0.1, -0.05) is 20.8 Å². The lowest BCUT2D eigenvalue weighted by atomic mass is 10.2. The second kappa shape index (κ2) is 8.59. The third kappa shape index (κ3) is 6.57. The van der Waals surface area contributed by atoms with Crippen LogP contribution in [-0.4, -0.2) is 25.1 Å². The van der Waals surface area contributed by atoms with Crippen LogP contribution in [-0.2, 0) is 4.79 Å². The van der Waals surface area contributed by atoms with Gasteiger partial charge >= 0.3 is 0 Å². The maximum absolute atomic E-state index is 11.7. The predicted molar refractivity (Wildman–Crippen MR) is 83.2 cm³/mol. The molecule has 0 fully saturated rings. The van der Waals surface area contributed by atoms with Crippen molar-refractivity contribution >= 4 is 11.6 Å². The quantitative estimate of drug-likeness (QED) is 0.768. The van der Waals surface area contributed by atoms with Crippen LogP contribution < -0.4 is 15.4 Å². The molecule has 0 saturated heterocycles. The molecule has 1 unspecified atom stereocenters. The fourth-order valence-corrected chi connectivity index (χ4v) is 1.51. The normalized spacial score (nSPS) is 12.2. The number of carbonyl (C=O) groups excluding carboxylic acids is 1. The van der Waals surface area contributed by atoms with Crippen molar-refractivity contribution in [3.63, 3.8) is 0 Å². The molecule has 0 aliphatic carbocycles. The van der Waals surface area contributed by atoms with Crippen molar-refractivity contribution in [2.75, 3.05) is 18.5 Å². The van der Waals surface area contributed by atoms with Crippen molar-refractivity contribution in [2.24, 2.45) is 5.92 Å². The lowest BCUT2D eigenvalue weighted by Crippen LogP contribution is -2.33. The van der Waals surface area contributed by atoms with Gasteiger partial charge in [0.2, 0.25) is 5.91 Å². The van der Waals surface area contributed by atoms with Crippen LogP contribution in [0.2, 0.25) is 0 Å². The smallest absolute Gasteiger partial charge is 0.238 e. The number of nitrogens with one attached hydrogen (secondary N) is 2. The van der Waals surface area contributed by atoms with E-state index in [1.165, 1.54) is 0 Å². The van der Waals surface area contributed by atoms with Crippen LogP contribution in [0.15, 0.2) is 24.3 Å². The number of rotatable bonds is 8. The second-order valence-corrected chi connectivity index (χ2v) is 5.47. The van der Waals surface area contributed by atoms with Crippen LogP contribution in [0.3, 0.4) is 0 Å². The monoisotopic (exact) mass is 278 g/mol. The van der Waals surface area contributed by atoms with Gasteiger partial charge in [-0.25, -0.2) is 0 Å². The summed E-state index contributed by atoms with van der Waals surface area (Å²) >= 11 is 0. The standard InChI is InChI=1S/C16H26N2O2/c1-5-13(4)17-10-16(19)18-14-6-8-15(9-7-14)20-11-12(2)3/h6-9,12-13,17H,5,10-11H2,1-4H3,(H,18,19). The summed E-state index contributed by atoms with van der Waals surface area (Å²) in [5.74, 6) is 1.30. The summed E-state index contributed by atoms with van der Waals surface area (Å²) in [5.41, 5.74) is 0.790. The zero-order chi connectivity index (χ0) is 15.0. The summed E-state index contributed by atoms with van der Waals surface area (Å²) in [7, 11) is 0. The van der Waals surface area contributed by atoms with Gasteiger partial charge in [-0.05, 0) is 43.5 Å². The van der Waals surface area contributed by atoms with E-state index in [0.717, 1.165) is 17.9 Å². The Morgan fingerprint density at radius 3 is 2.40 bits per heavy atom. The average Bonchev–Trinajstić information content (AvgIpc) is 2.44. The Hall–Kier alpha value is -1.55. The third-order valence-electron chi connectivity index (χ3n) is 2.94. The van der Waals surface area contributed by atoms with Crippen molar-refractivity contribution in [3.05, 3.63) is 24.3 Å². The molecular weight excluding hydrogens is 252 g/mol. The van der Waals surface area contributed by atoms with Gasteiger partial charge in [0, 0.05) is 11.7 Å². The van der Waals surface area contributed by atoms with E-state index in [9.17, 15) is 4.79 Å². The van der Waals surface area contributed by atoms with Gasteiger partial charge in [0.25, 0.3) is 0 Å². The van der Waals surface area contributed by atoms with E-state index in [4.69, 9.17) is 4.74 Å². The van der Waals surface area contributed by atoms with E-state index in [0.29, 0.717) is 25.1 Å². The molecule has 0 aliphatic heterocycles. The summed E-state index contributed by atoms with van der Waals surface area (Å²) in [6.45, 7) is 9.41. The molecule has 0 saturated carbocycles. The average molecular weight is 278 g/mol. The van der Waals surface area contributed by atoms with Gasteiger partial charge in [-0.2, -0.15) is 0 Å². The highest BCUT2D eigenvalue weighted by Crippen LogP contribution is 2.16. The fraction of sp³-hybridized carbons (Fsp3) is 0.562. The number of benzene rings is 1. The Morgan fingerprint density at radius 2 is 1.85 bits per heavy atom. The molecule has 0 aliphatic rings. The van der Waals surface area contributed by atoms with E-state index < -0.39 is 0 Å². The number of hydrogen-bond acceptors (Lipinski definition) is 3. The molecule has 1 aromatic carbocycles. The van der Waals surface area contributed by atoms with Gasteiger partial charge in [-0.3, -0.25) is 4.79 Å². The molecule has 1 atom stereocenters. The molecule has 20 heavy (non-hydrogen) atoms. The molecule has 112 valence electrons. The molecule has 1 rings (SSSR count). The molecule has 0 bridgehead atoms. The van der Waals surface area contributed by atoms with E-state index >= 15 is 0 Å². The largest absolute Gasteiger partial charge is 0.493 e. The van der Waals surface area contributed by atoms with E-state index in [-0.39, 0.29) is 5.91 Å². The first-order valence-corrected chi connectivity index (χ1v) is 7.27. The molecule has 0 spiro atoms. The molecule has 0 aromatic heterocycles. The summed E-state index contributed by atoms with van der Waals surface area (Å²) in [6.07, 6.45) is 1.01. The molecule has 0 heterocycles. The lowest BCUT2D eigenvalue weighted by Gasteiger charge is -2.12. The van der Waals surface area contributed by atoms with E-state index in [1.54, 1.807) is 0 Å². The minimum absolute atomic E-state index is 0.0267. The summed E-state index contributed by atoms with van der Waals surface area (Å²) < 4.78 is 5.60. The van der Waals surface area contributed by atoms with Gasteiger partial charge in [-0.15, -0.1) is 0 Å². The SMILES string of the molecule is CCC(C)NCC(=O)Nc1ccc(OCC(C)C)cc1. The topological polar surface area (TPSA) is 50.4 Å². The number of amides is 1. The molecular formula is C16H26N2O2.